The van der Waals surface area contributed by atoms with Gasteiger partial charge in [0.15, 0.2) is 5.76 Å². The molecule has 0 spiro atoms. The van der Waals surface area contributed by atoms with E-state index in [9.17, 15) is 9.59 Å². The zero-order valence-electron chi connectivity index (χ0n) is 12.0. The van der Waals surface area contributed by atoms with Crippen LogP contribution in [-0.2, 0) is 9.53 Å². The van der Waals surface area contributed by atoms with Crippen molar-refractivity contribution in [1.29, 1.82) is 5.41 Å². The summed E-state index contributed by atoms with van der Waals surface area (Å²) in [4.78, 5) is 26.9. The Hall–Kier alpha value is -2.31. The lowest BCUT2D eigenvalue weighted by molar-refractivity contribution is -0.141. The van der Waals surface area contributed by atoms with Crippen molar-refractivity contribution in [1.82, 2.24) is 9.80 Å². The van der Waals surface area contributed by atoms with Crippen molar-refractivity contribution < 1.29 is 18.7 Å². The minimum atomic E-state index is -0.392. The molecule has 21 heavy (non-hydrogen) atoms. The van der Waals surface area contributed by atoms with Crippen molar-refractivity contribution in [3.63, 3.8) is 0 Å². The lowest BCUT2D eigenvalue weighted by Crippen LogP contribution is -2.50. The molecule has 1 saturated heterocycles. The molecule has 0 bridgehead atoms. The summed E-state index contributed by atoms with van der Waals surface area (Å²) in [6.45, 7) is 4.13. The van der Waals surface area contributed by atoms with Crippen LogP contribution in [0.25, 0.3) is 0 Å². The van der Waals surface area contributed by atoms with Gasteiger partial charge in [0.05, 0.1) is 12.9 Å². The second-order valence-electron chi connectivity index (χ2n) is 4.69. The minimum absolute atomic E-state index is 0.0278. The standard InChI is InChI=1S/C14H19N3O4/c1-2-20-13(18)10-12(15)16-5-7-17(8-6-16)14(19)11-4-3-9-21-11/h3-4,9,15H,2,5-8,10H2,1H3. The molecule has 1 aliphatic rings. The van der Waals surface area contributed by atoms with Crippen LogP contribution in [-0.4, -0.2) is 60.3 Å². The third-order valence-corrected chi connectivity index (χ3v) is 3.30. The highest BCUT2D eigenvalue weighted by molar-refractivity contribution is 5.96. The average molecular weight is 293 g/mol. The van der Waals surface area contributed by atoms with Gasteiger partial charge in [-0.25, -0.2) is 0 Å². The molecule has 1 N–H and O–H groups in total. The fraction of sp³-hybridized carbons (Fsp3) is 0.500. The molecule has 1 aromatic rings. The van der Waals surface area contributed by atoms with Crippen LogP contribution in [0.5, 0.6) is 0 Å². The summed E-state index contributed by atoms with van der Waals surface area (Å²) in [6, 6.07) is 3.32. The Labute approximate surface area is 123 Å². The van der Waals surface area contributed by atoms with Crippen LogP contribution in [0.2, 0.25) is 0 Å². The van der Waals surface area contributed by atoms with E-state index in [1.807, 2.05) is 0 Å². The molecule has 2 heterocycles. The number of hydrogen-bond acceptors (Lipinski definition) is 5. The zero-order chi connectivity index (χ0) is 15.2. The maximum atomic E-state index is 12.1. The predicted molar refractivity (Wildman–Crippen MR) is 75.2 cm³/mol. The summed E-state index contributed by atoms with van der Waals surface area (Å²) >= 11 is 0. The third kappa shape index (κ3) is 3.84. The van der Waals surface area contributed by atoms with Crippen molar-refractivity contribution in [3.8, 4) is 0 Å². The highest BCUT2D eigenvalue weighted by Gasteiger charge is 2.25. The number of esters is 1. The molecule has 2 rings (SSSR count). The van der Waals surface area contributed by atoms with Gasteiger partial charge in [0, 0.05) is 26.2 Å². The van der Waals surface area contributed by atoms with Gasteiger partial charge >= 0.3 is 5.97 Å². The first-order valence-corrected chi connectivity index (χ1v) is 6.92. The number of carbonyl (C=O) groups excluding carboxylic acids is 2. The van der Waals surface area contributed by atoms with Gasteiger partial charge in [-0.05, 0) is 19.1 Å². The van der Waals surface area contributed by atoms with E-state index < -0.39 is 5.97 Å². The largest absolute Gasteiger partial charge is 0.466 e. The van der Waals surface area contributed by atoms with Crippen molar-refractivity contribution in [2.45, 2.75) is 13.3 Å². The van der Waals surface area contributed by atoms with E-state index in [-0.39, 0.29) is 18.2 Å². The first kappa shape index (κ1) is 15.1. The molecule has 0 radical (unpaired) electrons. The van der Waals surface area contributed by atoms with E-state index in [0.29, 0.717) is 38.5 Å². The number of nitrogens with zero attached hydrogens (tertiary/aromatic N) is 2. The van der Waals surface area contributed by atoms with Gasteiger partial charge in [-0.15, -0.1) is 0 Å². The van der Waals surface area contributed by atoms with Gasteiger partial charge in [-0.3, -0.25) is 15.0 Å². The van der Waals surface area contributed by atoms with Crippen molar-refractivity contribution >= 4 is 17.7 Å². The SMILES string of the molecule is CCOC(=O)CC(=N)N1CCN(C(=O)c2ccco2)CC1. The average Bonchev–Trinajstić information content (AvgIpc) is 3.01. The number of amidine groups is 1. The Morgan fingerprint density at radius 1 is 1.29 bits per heavy atom. The van der Waals surface area contributed by atoms with Gasteiger partial charge in [0.1, 0.15) is 12.3 Å². The molecular formula is C14H19N3O4. The number of furan rings is 1. The number of amides is 1. The Bertz CT molecular complexity index is 504. The van der Waals surface area contributed by atoms with E-state index >= 15 is 0 Å². The van der Waals surface area contributed by atoms with Gasteiger partial charge in [0.2, 0.25) is 0 Å². The molecule has 7 nitrogen and oxygen atoms in total. The lowest BCUT2D eigenvalue weighted by atomic mass is 10.2. The summed E-state index contributed by atoms with van der Waals surface area (Å²) in [6.07, 6.45) is 1.44. The van der Waals surface area contributed by atoms with Crippen molar-refractivity contribution in [3.05, 3.63) is 24.2 Å². The molecule has 0 unspecified atom stereocenters. The summed E-state index contributed by atoms with van der Waals surface area (Å²) < 4.78 is 9.92. The number of hydrogen-bond donors (Lipinski definition) is 1. The highest BCUT2D eigenvalue weighted by Crippen LogP contribution is 2.10. The smallest absolute Gasteiger partial charge is 0.313 e. The normalized spacial score (nSPS) is 14.9. The van der Waals surface area contributed by atoms with E-state index in [1.165, 1.54) is 6.26 Å². The third-order valence-electron chi connectivity index (χ3n) is 3.30. The molecule has 0 aromatic carbocycles. The Kier molecular flexibility index (Phi) is 4.97. The molecule has 1 fully saturated rings. The van der Waals surface area contributed by atoms with Gasteiger partial charge in [0.25, 0.3) is 5.91 Å². The molecule has 7 heteroatoms. The van der Waals surface area contributed by atoms with E-state index in [4.69, 9.17) is 14.6 Å². The monoisotopic (exact) mass is 293 g/mol. The van der Waals surface area contributed by atoms with Gasteiger partial charge < -0.3 is 19.0 Å². The number of carbonyl (C=O) groups is 2. The predicted octanol–water partition coefficient (Wildman–Crippen LogP) is 0.968. The number of piperazine rings is 1. The van der Waals surface area contributed by atoms with E-state index in [1.54, 1.807) is 28.9 Å². The molecule has 1 aromatic heterocycles. The van der Waals surface area contributed by atoms with Crippen molar-refractivity contribution in [2.75, 3.05) is 32.8 Å². The van der Waals surface area contributed by atoms with Crippen LogP contribution in [0.1, 0.15) is 23.9 Å². The first-order valence-electron chi connectivity index (χ1n) is 6.92. The topological polar surface area (TPSA) is 86.8 Å². The maximum absolute atomic E-state index is 12.1. The Morgan fingerprint density at radius 2 is 1.95 bits per heavy atom. The van der Waals surface area contributed by atoms with E-state index in [0.717, 1.165) is 0 Å². The maximum Gasteiger partial charge on any atom is 0.313 e. The molecule has 0 aliphatic carbocycles. The number of ether oxygens (including phenoxy) is 1. The number of rotatable bonds is 4. The van der Waals surface area contributed by atoms with Crippen molar-refractivity contribution in [2.24, 2.45) is 0 Å². The zero-order valence-corrected chi connectivity index (χ0v) is 12.0. The molecule has 114 valence electrons. The fourth-order valence-corrected chi connectivity index (χ4v) is 2.20. The summed E-state index contributed by atoms with van der Waals surface area (Å²) in [5.41, 5.74) is 0. The second kappa shape index (κ2) is 6.92. The second-order valence-corrected chi connectivity index (χ2v) is 4.69. The molecule has 0 saturated carbocycles. The Morgan fingerprint density at radius 3 is 2.52 bits per heavy atom. The van der Waals surface area contributed by atoms with Crippen LogP contribution in [0.15, 0.2) is 22.8 Å². The fourth-order valence-electron chi connectivity index (χ4n) is 2.20. The van der Waals surface area contributed by atoms with E-state index in [2.05, 4.69) is 0 Å². The molecule has 1 amide bonds. The van der Waals surface area contributed by atoms with Gasteiger partial charge in [-0.2, -0.15) is 0 Å². The van der Waals surface area contributed by atoms with Crippen LogP contribution >= 0.6 is 0 Å². The van der Waals surface area contributed by atoms with Crippen LogP contribution in [0, 0.1) is 5.41 Å². The number of nitrogens with one attached hydrogen (secondary N) is 1. The molecule has 1 aliphatic heterocycles. The summed E-state index contributed by atoms with van der Waals surface area (Å²) in [7, 11) is 0. The van der Waals surface area contributed by atoms with Crippen LogP contribution in [0.3, 0.4) is 0 Å². The van der Waals surface area contributed by atoms with Gasteiger partial charge in [-0.1, -0.05) is 0 Å². The van der Waals surface area contributed by atoms with Crippen LogP contribution < -0.4 is 0 Å². The highest BCUT2D eigenvalue weighted by atomic mass is 16.5. The lowest BCUT2D eigenvalue weighted by Gasteiger charge is -2.35. The van der Waals surface area contributed by atoms with Crippen LogP contribution in [0.4, 0.5) is 0 Å². The first-order chi connectivity index (χ1) is 10.1. The molecule has 0 atom stereocenters. The quantitative estimate of drug-likeness (QED) is 0.508. The minimum Gasteiger partial charge on any atom is -0.466 e. The summed E-state index contributed by atoms with van der Waals surface area (Å²) in [5, 5.41) is 7.91. The summed E-state index contributed by atoms with van der Waals surface area (Å²) in [5.74, 6) is 0.0248. The Balaban J connectivity index is 1.81. The molecular weight excluding hydrogens is 274 g/mol.